The van der Waals surface area contributed by atoms with Gasteiger partial charge in [0.05, 0.1) is 6.10 Å². The van der Waals surface area contributed by atoms with Crippen LogP contribution in [0.15, 0.2) is 18.2 Å². The maximum Gasteiger partial charge on any atom is 0.0687 e. The zero-order valence-corrected chi connectivity index (χ0v) is 11.6. The van der Waals surface area contributed by atoms with Crippen molar-refractivity contribution >= 4 is 5.69 Å². The molecule has 1 aromatic carbocycles. The van der Waals surface area contributed by atoms with E-state index in [1.165, 1.54) is 23.2 Å². The summed E-state index contributed by atoms with van der Waals surface area (Å²) in [5.41, 5.74) is 4.06. The van der Waals surface area contributed by atoms with Crippen molar-refractivity contribution in [2.45, 2.75) is 38.8 Å². The van der Waals surface area contributed by atoms with Crippen molar-refractivity contribution in [1.29, 1.82) is 0 Å². The average Bonchev–Trinajstić information content (AvgIpc) is 2.37. The lowest BCUT2D eigenvalue weighted by molar-refractivity contribution is 0.199. The molecule has 0 radical (unpaired) electrons. The number of aliphatic hydroxyl groups is 1. The minimum atomic E-state index is -0.271. The third kappa shape index (κ3) is 2.85. The van der Waals surface area contributed by atoms with Gasteiger partial charge in [0.1, 0.15) is 0 Å². The average molecular weight is 248 g/mol. The Bertz CT molecular complexity index is 403. The largest absolute Gasteiger partial charge is 0.392 e. The van der Waals surface area contributed by atoms with Gasteiger partial charge in [-0.05, 0) is 50.9 Å². The first-order valence-corrected chi connectivity index (χ1v) is 6.85. The Morgan fingerprint density at radius 3 is 2.83 bits per heavy atom. The molecule has 2 rings (SSSR count). The molecule has 0 aromatic heterocycles. The maximum absolute atomic E-state index is 9.56. The number of rotatable bonds is 4. The molecule has 100 valence electrons. The Hall–Kier alpha value is -1.06. The summed E-state index contributed by atoms with van der Waals surface area (Å²) in [6, 6.07) is 7.10. The number of nitrogens with one attached hydrogen (secondary N) is 1. The maximum atomic E-state index is 9.56. The fourth-order valence-corrected chi connectivity index (χ4v) is 2.64. The van der Waals surface area contributed by atoms with Crippen LogP contribution in [0, 0.1) is 0 Å². The lowest BCUT2D eigenvalue weighted by Gasteiger charge is -2.33. The van der Waals surface area contributed by atoms with Crippen LogP contribution in [0.2, 0.25) is 0 Å². The van der Waals surface area contributed by atoms with E-state index in [1.54, 1.807) is 0 Å². The van der Waals surface area contributed by atoms with Gasteiger partial charge in [0.15, 0.2) is 0 Å². The van der Waals surface area contributed by atoms with Crippen LogP contribution in [0.5, 0.6) is 0 Å². The monoisotopic (exact) mass is 248 g/mol. The topological polar surface area (TPSA) is 35.5 Å². The fourth-order valence-electron chi connectivity index (χ4n) is 2.64. The third-order valence-electron chi connectivity index (χ3n) is 3.74. The van der Waals surface area contributed by atoms with Crippen molar-refractivity contribution in [2.75, 3.05) is 25.0 Å². The molecule has 18 heavy (non-hydrogen) atoms. The first-order chi connectivity index (χ1) is 8.61. The summed E-state index contributed by atoms with van der Waals surface area (Å²) in [5, 5.41) is 12.8. The molecule has 2 unspecified atom stereocenters. The van der Waals surface area contributed by atoms with Gasteiger partial charge >= 0.3 is 0 Å². The quantitative estimate of drug-likeness (QED) is 0.856. The Balaban J connectivity index is 2.24. The molecule has 3 heteroatoms. The molecule has 2 atom stereocenters. The Morgan fingerprint density at radius 1 is 1.39 bits per heavy atom. The highest BCUT2D eigenvalue weighted by Crippen LogP contribution is 2.29. The van der Waals surface area contributed by atoms with Crippen LogP contribution in [0.4, 0.5) is 5.69 Å². The van der Waals surface area contributed by atoms with Gasteiger partial charge in [0, 0.05) is 24.8 Å². The zero-order valence-electron chi connectivity index (χ0n) is 11.6. The van der Waals surface area contributed by atoms with Gasteiger partial charge in [-0.3, -0.25) is 0 Å². The highest BCUT2D eigenvalue weighted by atomic mass is 16.3. The summed E-state index contributed by atoms with van der Waals surface area (Å²) in [7, 11) is 1.99. The van der Waals surface area contributed by atoms with Crippen molar-refractivity contribution in [3.63, 3.8) is 0 Å². The number of aliphatic hydroxyl groups excluding tert-OH is 1. The summed E-state index contributed by atoms with van der Waals surface area (Å²) < 4.78 is 0. The van der Waals surface area contributed by atoms with E-state index in [9.17, 15) is 5.11 Å². The predicted octanol–water partition coefficient (Wildman–Crippen LogP) is 2.10. The van der Waals surface area contributed by atoms with E-state index in [0.29, 0.717) is 6.04 Å². The Morgan fingerprint density at radius 2 is 2.17 bits per heavy atom. The molecule has 0 saturated carbocycles. The molecular weight excluding hydrogens is 224 g/mol. The van der Waals surface area contributed by atoms with E-state index in [1.807, 2.05) is 14.0 Å². The van der Waals surface area contributed by atoms with Gasteiger partial charge in [-0.25, -0.2) is 0 Å². The van der Waals surface area contributed by atoms with Crippen LogP contribution < -0.4 is 10.2 Å². The molecule has 0 spiro atoms. The van der Waals surface area contributed by atoms with Gasteiger partial charge in [0.2, 0.25) is 0 Å². The molecule has 2 N–H and O–H groups in total. The van der Waals surface area contributed by atoms with Gasteiger partial charge in [-0.1, -0.05) is 12.1 Å². The van der Waals surface area contributed by atoms with Crippen molar-refractivity contribution in [3.05, 3.63) is 29.3 Å². The number of fused-ring (bicyclic) bond motifs is 1. The van der Waals surface area contributed by atoms with E-state index < -0.39 is 0 Å². The number of benzene rings is 1. The molecule has 1 aliphatic heterocycles. The van der Waals surface area contributed by atoms with Crippen LogP contribution in [0.25, 0.3) is 0 Å². The van der Waals surface area contributed by atoms with Gasteiger partial charge in [0.25, 0.3) is 0 Å². The first-order valence-electron chi connectivity index (χ1n) is 6.85. The SMILES string of the molecule is CNC(C)c1ccc2c(c1)CCCN2CC(C)O. The van der Waals surface area contributed by atoms with E-state index >= 15 is 0 Å². The summed E-state index contributed by atoms with van der Waals surface area (Å²) >= 11 is 0. The summed E-state index contributed by atoms with van der Waals surface area (Å²) in [4.78, 5) is 2.30. The highest BCUT2D eigenvalue weighted by Gasteiger charge is 2.18. The number of nitrogens with zero attached hydrogens (tertiary/aromatic N) is 1. The number of β-amino-alcohol motifs (C(OH)–C–C–N with tert-alkyl or cyclic N) is 1. The van der Waals surface area contributed by atoms with Crippen LogP contribution in [-0.2, 0) is 6.42 Å². The standard InChI is InChI=1S/C15H24N2O/c1-11(18)10-17-8-4-5-14-9-13(12(2)16-3)6-7-15(14)17/h6-7,9,11-12,16,18H,4-5,8,10H2,1-3H3. The second kappa shape index (κ2) is 5.72. The second-order valence-corrected chi connectivity index (χ2v) is 5.30. The smallest absolute Gasteiger partial charge is 0.0687 e. The second-order valence-electron chi connectivity index (χ2n) is 5.30. The number of aryl methyl sites for hydroxylation is 1. The Kier molecular flexibility index (Phi) is 4.25. The number of anilines is 1. The zero-order chi connectivity index (χ0) is 13.1. The summed E-state index contributed by atoms with van der Waals surface area (Å²) in [5.74, 6) is 0. The summed E-state index contributed by atoms with van der Waals surface area (Å²) in [6.45, 7) is 5.82. The summed E-state index contributed by atoms with van der Waals surface area (Å²) in [6.07, 6.45) is 2.05. The minimum Gasteiger partial charge on any atom is -0.392 e. The van der Waals surface area contributed by atoms with E-state index in [2.05, 4.69) is 35.3 Å². The van der Waals surface area contributed by atoms with Crippen molar-refractivity contribution < 1.29 is 5.11 Å². The lowest BCUT2D eigenvalue weighted by atomic mass is 9.96. The molecule has 0 saturated heterocycles. The Labute approximate surface area is 110 Å². The van der Waals surface area contributed by atoms with Crippen LogP contribution in [-0.4, -0.2) is 31.3 Å². The lowest BCUT2D eigenvalue weighted by Crippen LogP contribution is -2.35. The van der Waals surface area contributed by atoms with Crippen LogP contribution in [0.1, 0.15) is 37.4 Å². The van der Waals surface area contributed by atoms with Crippen molar-refractivity contribution in [1.82, 2.24) is 5.32 Å². The molecule has 0 fully saturated rings. The fraction of sp³-hybridized carbons (Fsp3) is 0.600. The molecule has 0 aliphatic carbocycles. The first kappa shape index (κ1) is 13.4. The molecule has 0 bridgehead atoms. The number of hydrogen-bond acceptors (Lipinski definition) is 3. The third-order valence-corrected chi connectivity index (χ3v) is 3.74. The molecule has 1 aromatic rings. The van der Waals surface area contributed by atoms with E-state index in [-0.39, 0.29) is 6.10 Å². The minimum absolute atomic E-state index is 0.271. The van der Waals surface area contributed by atoms with Gasteiger partial charge in [-0.15, -0.1) is 0 Å². The molecule has 1 heterocycles. The molecule has 3 nitrogen and oxygen atoms in total. The molecule has 0 amide bonds. The van der Waals surface area contributed by atoms with Crippen molar-refractivity contribution in [2.24, 2.45) is 0 Å². The molecular formula is C15H24N2O. The van der Waals surface area contributed by atoms with Crippen molar-refractivity contribution in [3.8, 4) is 0 Å². The number of hydrogen-bond donors (Lipinski definition) is 2. The van der Waals surface area contributed by atoms with E-state index in [4.69, 9.17) is 0 Å². The van der Waals surface area contributed by atoms with E-state index in [0.717, 1.165) is 19.5 Å². The van der Waals surface area contributed by atoms with Crippen LogP contribution >= 0.6 is 0 Å². The van der Waals surface area contributed by atoms with Gasteiger partial charge < -0.3 is 15.3 Å². The normalized spacial score (nSPS) is 18.3. The van der Waals surface area contributed by atoms with Crippen LogP contribution in [0.3, 0.4) is 0 Å². The highest BCUT2D eigenvalue weighted by molar-refractivity contribution is 5.57. The predicted molar refractivity (Wildman–Crippen MR) is 76.1 cm³/mol. The molecule has 1 aliphatic rings. The van der Waals surface area contributed by atoms with Gasteiger partial charge in [-0.2, -0.15) is 0 Å².